The number of benzene rings is 2. The van der Waals surface area contributed by atoms with Gasteiger partial charge in [-0.1, -0.05) is 37.9 Å². The van der Waals surface area contributed by atoms with Crippen molar-refractivity contribution in [3.8, 4) is 0 Å². The van der Waals surface area contributed by atoms with E-state index >= 15 is 0 Å². The van der Waals surface area contributed by atoms with E-state index in [0.29, 0.717) is 6.07 Å². The summed E-state index contributed by atoms with van der Waals surface area (Å²) in [6.45, 7) is 1.77. The Morgan fingerprint density at radius 3 is 2.54 bits per heavy atom. The summed E-state index contributed by atoms with van der Waals surface area (Å²) in [6, 6.07) is 9.44. The first-order valence-corrected chi connectivity index (χ1v) is 11.5. The minimum absolute atomic E-state index is 0.140. The molecular weight excluding hydrogens is 525 g/mol. The zero-order valence-corrected chi connectivity index (χ0v) is 18.8. The second kappa shape index (κ2) is 7.74. The quantitative estimate of drug-likeness (QED) is 0.457. The standard InChI is InChI=1S/C19H17Br2F3O3S/c1-18(28(25,26)14-4-2-3-12(9-14)19(22,23)24)7-8-27-17(11-18)15-10-13(20)5-6-16(15)21/h2-6,9-10,17H,7-8,11H2,1H3. The van der Waals surface area contributed by atoms with Gasteiger partial charge >= 0.3 is 6.18 Å². The molecule has 0 aromatic heterocycles. The maximum atomic E-state index is 13.3. The first kappa shape index (κ1) is 21.8. The molecule has 3 nitrogen and oxygen atoms in total. The van der Waals surface area contributed by atoms with Crippen molar-refractivity contribution in [1.29, 1.82) is 0 Å². The molecule has 2 unspecified atom stereocenters. The fourth-order valence-corrected chi connectivity index (χ4v) is 6.01. The smallest absolute Gasteiger partial charge is 0.373 e. The Balaban J connectivity index is 1.98. The van der Waals surface area contributed by atoms with Crippen LogP contribution in [0.25, 0.3) is 0 Å². The van der Waals surface area contributed by atoms with Gasteiger partial charge in [-0.15, -0.1) is 0 Å². The zero-order valence-electron chi connectivity index (χ0n) is 14.8. The van der Waals surface area contributed by atoms with Crippen LogP contribution in [0.3, 0.4) is 0 Å². The van der Waals surface area contributed by atoms with E-state index in [9.17, 15) is 21.6 Å². The van der Waals surface area contributed by atoms with Crippen molar-refractivity contribution in [1.82, 2.24) is 0 Å². The highest BCUT2D eigenvalue weighted by Crippen LogP contribution is 2.44. The summed E-state index contributed by atoms with van der Waals surface area (Å²) in [6.07, 6.45) is -4.76. The lowest BCUT2D eigenvalue weighted by atomic mass is 9.92. The monoisotopic (exact) mass is 540 g/mol. The van der Waals surface area contributed by atoms with E-state index in [2.05, 4.69) is 31.9 Å². The molecule has 1 fully saturated rings. The zero-order chi connectivity index (χ0) is 20.7. The second-order valence-electron chi connectivity index (χ2n) is 6.96. The van der Waals surface area contributed by atoms with Crippen LogP contribution in [0.15, 0.2) is 56.3 Å². The molecule has 0 radical (unpaired) electrons. The molecule has 1 heterocycles. The maximum Gasteiger partial charge on any atom is 0.416 e. The first-order chi connectivity index (χ1) is 12.9. The third-order valence-electron chi connectivity index (χ3n) is 4.99. The van der Waals surface area contributed by atoms with Crippen LogP contribution < -0.4 is 0 Å². The molecule has 0 saturated carbocycles. The van der Waals surface area contributed by atoms with Crippen molar-refractivity contribution < 1.29 is 26.3 Å². The Hall–Kier alpha value is -0.900. The van der Waals surface area contributed by atoms with Crippen LogP contribution in [0.1, 0.15) is 37.0 Å². The molecule has 28 heavy (non-hydrogen) atoms. The average molecular weight is 542 g/mol. The normalized spacial score (nSPS) is 23.6. The topological polar surface area (TPSA) is 43.4 Å². The van der Waals surface area contributed by atoms with Gasteiger partial charge in [-0.25, -0.2) is 8.42 Å². The van der Waals surface area contributed by atoms with Crippen molar-refractivity contribution in [2.45, 2.75) is 41.7 Å². The lowest BCUT2D eigenvalue weighted by Gasteiger charge is -2.38. The summed E-state index contributed by atoms with van der Waals surface area (Å²) in [5.41, 5.74) is -0.185. The van der Waals surface area contributed by atoms with Gasteiger partial charge in [-0.2, -0.15) is 13.2 Å². The van der Waals surface area contributed by atoms with Crippen molar-refractivity contribution in [2.75, 3.05) is 6.61 Å². The summed E-state index contributed by atoms with van der Waals surface area (Å²) in [7, 11) is -4.02. The summed E-state index contributed by atoms with van der Waals surface area (Å²) in [4.78, 5) is -0.321. The molecule has 1 aliphatic rings. The Morgan fingerprint density at radius 1 is 1.14 bits per heavy atom. The summed E-state index contributed by atoms with van der Waals surface area (Å²) < 4.78 is 71.8. The summed E-state index contributed by atoms with van der Waals surface area (Å²) >= 11 is 6.85. The predicted octanol–water partition coefficient (Wildman–Crippen LogP) is 6.31. The number of halogens is 5. The number of alkyl halides is 3. The molecule has 0 N–H and O–H groups in total. The molecule has 1 saturated heterocycles. The molecule has 0 aliphatic carbocycles. The Morgan fingerprint density at radius 2 is 1.86 bits per heavy atom. The van der Waals surface area contributed by atoms with E-state index in [0.717, 1.165) is 26.6 Å². The number of sulfone groups is 1. The number of hydrogen-bond acceptors (Lipinski definition) is 3. The molecule has 9 heteroatoms. The Kier molecular flexibility index (Phi) is 6.02. The highest BCUT2D eigenvalue weighted by atomic mass is 79.9. The van der Waals surface area contributed by atoms with Crippen molar-refractivity contribution >= 4 is 41.7 Å². The van der Waals surface area contributed by atoms with E-state index in [1.807, 2.05) is 18.2 Å². The minimum Gasteiger partial charge on any atom is -0.373 e. The molecule has 152 valence electrons. The van der Waals surface area contributed by atoms with Gasteiger partial charge in [0.05, 0.1) is 21.3 Å². The van der Waals surface area contributed by atoms with E-state index in [-0.39, 0.29) is 24.3 Å². The molecule has 2 aromatic carbocycles. The molecular formula is C19H17Br2F3O3S. The number of rotatable bonds is 3. The van der Waals surface area contributed by atoms with Crippen LogP contribution in [0.2, 0.25) is 0 Å². The van der Waals surface area contributed by atoms with E-state index in [4.69, 9.17) is 4.74 Å². The molecule has 0 spiro atoms. The van der Waals surface area contributed by atoms with Crippen molar-refractivity contribution in [3.05, 3.63) is 62.5 Å². The first-order valence-electron chi connectivity index (χ1n) is 8.42. The third-order valence-corrected chi connectivity index (χ3v) is 8.75. The van der Waals surface area contributed by atoms with Gasteiger partial charge in [0.25, 0.3) is 0 Å². The van der Waals surface area contributed by atoms with Gasteiger partial charge in [0.15, 0.2) is 9.84 Å². The molecule has 2 aromatic rings. The predicted molar refractivity (Wildman–Crippen MR) is 107 cm³/mol. The summed E-state index contributed by atoms with van der Waals surface area (Å²) in [5.74, 6) is 0. The van der Waals surface area contributed by atoms with Crippen LogP contribution in [0.4, 0.5) is 13.2 Å². The van der Waals surface area contributed by atoms with Crippen LogP contribution in [-0.4, -0.2) is 19.8 Å². The lowest BCUT2D eigenvalue weighted by molar-refractivity contribution is -0.137. The molecule has 3 rings (SSSR count). The molecule has 2 atom stereocenters. The van der Waals surface area contributed by atoms with Crippen LogP contribution >= 0.6 is 31.9 Å². The highest BCUT2D eigenvalue weighted by Gasteiger charge is 2.46. The summed E-state index contributed by atoms with van der Waals surface area (Å²) in [5, 5.41) is 0. The van der Waals surface area contributed by atoms with Crippen LogP contribution in [-0.2, 0) is 20.8 Å². The maximum absolute atomic E-state index is 13.3. The SMILES string of the molecule is CC1(S(=O)(=O)c2cccc(C(F)(F)F)c2)CCOC(c2cc(Br)ccc2Br)C1. The van der Waals surface area contributed by atoms with Gasteiger partial charge in [0.1, 0.15) is 0 Å². The number of ether oxygens (including phenoxy) is 1. The average Bonchev–Trinajstić information content (AvgIpc) is 2.63. The minimum atomic E-state index is -4.61. The van der Waals surface area contributed by atoms with Gasteiger partial charge in [0, 0.05) is 15.6 Å². The van der Waals surface area contributed by atoms with E-state index < -0.39 is 32.4 Å². The van der Waals surface area contributed by atoms with Crippen molar-refractivity contribution in [3.63, 3.8) is 0 Å². The van der Waals surface area contributed by atoms with E-state index in [1.54, 1.807) is 6.92 Å². The van der Waals surface area contributed by atoms with Crippen molar-refractivity contribution in [2.24, 2.45) is 0 Å². The fraction of sp³-hybridized carbons (Fsp3) is 0.368. The van der Waals surface area contributed by atoms with Crippen LogP contribution in [0, 0.1) is 0 Å². The second-order valence-corrected chi connectivity index (χ2v) is 11.2. The molecule has 1 aliphatic heterocycles. The van der Waals surface area contributed by atoms with E-state index in [1.165, 1.54) is 6.07 Å². The highest BCUT2D eigenvalue weighted by molar-refractivity contribution is 9.11. The Labute approximate surface area is 178 Å². The van der Waals surface area contributed by atoms with Crippen LogP contribution in [0.5, 0.6) is 0 Å². The largest absolute Gasteiger partial charge is 0.416 e. The number of hydrogen-bond donors (Lipinski definition) is 0. The molecule has 0 bridgehead atoms. The van der Waals surface area contributed by atoms with Gasteiger partial charge in [-0.3, -0.25) is 0 Å². The van der Waals surface area contributed by atoms with Gasteiger partial charge < -0.3 is 4.74 Å². The molecule has 0 amide bonds. The lowest BCUT2D eigenvalue weighted by Crippen LogP contribution is -2.42. The fourth-order valence-electron chi connectivity index (χ4n) is 3.30. The van der Waals surface area contributed by atoms with Gasteiger partial charge in [0.2, 0.25) is 0 Å². The Bertz CT molecular complexity index is 992. The van der Waals surface area contributed by atoms with Gasteiger partial charge in [-0.05, 0) is 61.7 Å². The third kappa shape index (κ3) is 4.17.